The highest BCUT2D eigenvalue weighted by molar-refractivity contribution is 6.04. The van der Waals surface area contributed by atoms with Gasteiger partial charge >= 0.3 is 0 Å². The molecule has 0 aliphatic carbocycles. The molecular weight excluding hydrogens is 367 g/mol. The molecule has 1 aromatic heterocycles. The molecule has 0 aliphatic heterocycles. The molecule has 5 nitrogen and oxygen atoms in total. The van der Waals surface area contributed by atoms with Crippen LogP contribution in [0, 0.1) is 5.82 Å². The molecule has 1 amide bonds. The monoisotopic (exact) mass is 392 g/mol. The maximum absolute atomic E-state index is 13.0. The van der Waals surface area contributed by atoms with Crippen LogP contribution in [0.5, 0.6) is 0 Å². The Balaban J connectivity index is 1.53. The van der Waals surface area contributed by atoms with Crippen molar-refractivity contribution < 1.29 is 9.18 Å². The first-order valence-corrected chi connectivity index (χ1v) is 9.58. The number of hydrogen-bond acceptors (Lipinski definition) is 4. The number of nitrogens with zero attached hydrogens (tertiary/aromatic N) is 2. The second-order valence-corrected chi connectivity index (χ2v) is 6.80. The molecule has 3 aromatic rings. The van der Waals surface area contributed by atoms with E-state index in [9.17, 15) is 9.18 Å². The second kappa shape index (κ2) is 9.80. The first kappa shape index (κ1) is 20.5. The summed E-state index contributed by atoms with van der Waals surface area (Å²) in [6, 6.07) is 17.2. The SMILES string of the molecule is CCN(C)c1ccc(CNCc2cccc(NC(=O)c3ccc(F)cc3)c2)cn1. The quantitative estimate of drug-likeness (QED) is 0.603. The Morgan fingerprint density at radius 2 is 1.79 bits per heavy atom. The molecule has 2 aromatic carbocycles. The van der Waals surface area contributed by atoms with Crippen LogP contribution >= 0.6 is 0 Å². The summed E-state index contributed by atoms with van der Waals surface area (Å²) in [5.74, 6) is 0.330. The van der Waals surface area contributed by atoms with Gasteiger partial charge in [0, 0.05) is 44.1 Å². The smallest absolute Gasteiger partial charge is 0.255 e. The Kier molecular flexibility index (Phi) is 6.92. The Bertz CT molecular complexity index is 942. The fourth-order valence-electron chi connectivity index (χ4n) is 2.82. The van der Waals surface area contributed by atoms with E-state index in [1.54, 1.807) is 0 Å². The highest BCUT2D eigenvalue weighted by atomic mass is 19.1. The van der Waals surface area contributed by atoms with E-state index in [4.69, 9.17) is 0 Å². The number of rotatable bonds is 8. The van der Waals surface area contributed by atoms with E-state index in [-0.39, 0.29) is 11.7 Å². The van der Waals surface area contributed by atoms with Crippen LogP contribution in [0.4, 0.5) is 15.9 Å². The highest BCUT2D eigenvalue weighted by Gasteiger charge is 2.07. The van der Waals surface area contributed by atoms with Gasteiger partial charge < -0.3 is 15.5 Å². The zero-order valence-corrected chi connectivity index (χ0v) is 16.7. The van der Waals surface area contributed by atoms with E-state index in [1.807, 2.05) is 43.6 Å². The summed E-state index contributed by atoms with van der Waals surface area (Å²) in [4.78, 5) is 18.8. The van der Waals surface area contributed by atoms with E-state index in [1.165, 1.54) is 24.3 Å². The summed E-state index contributed by atoms with van der Waals surface area (Å²) >= 11 is 0. The van der Waals surface area contributed by atoms with Crippen LogP contribution in [0.2, 0.25) is 0 Å². The fourth-order valence-corrected chi connectivity index (χ4v) is 2.82. The largest absolute Gasteiger partial charge is 0.360 e. The molecule has 0 saturated carbocycles. The minimum Gasteiger partial charge on any atom is -0.360 e. The van der Waals surface area contributed by atoms with Gasteiger partial charge in [-0.05, 0) is 60.5 Å². The highest BCUT2D eigenvalue weighted by Crippen LogP contribution is 2.14. The molecular formula is C23H25FN4O. The second-order valence-electron chi connectivity index (χ2n) is 6.80. The fraction of sp³-hybridized carbons (Fsp3) is 0.217. The van der Waals surface area contributed by atoms with Crippen molar-refractivity contribution in [2.75, 3.05) is 23.8 Å². The van der Waals surface area contributed by atoms with Crippen LogP contribution in [-0.4, -0.2) is 24.5 Å². The Labute approximate surface area is 170 Å². The predicted octanol–water partition coefficient (Wildman–Crippen LogP) is 4.22. The van der Waals surface area contributed by atoms with Crippen molar-refractivity contribution in [3.8, 4) is 0 Å². The van der Waals surface area contributed by atoms with Crippen LogP contribution in [0.1, 0.15) is 28.4 Å². The number of carbonyl (C=O) groups excluding carboxylic acids is 1. The maximum Gasteiger partial charge on any atom is 0.255 e. The number of aromatic nitrogens is 1. The van der Waals surface area contributed by atoms with Crippen molar-refractivity contribution in [2.24, 2.45) is 0 Å². The Morgan fingerprint density at radius 1 is 1.03 bits per heavy atom. The molecule has 29 heavy (non-hydrogen) atoms. The third kappa shape index (κ3) is 5.86. The van der Waals surface area contributed by atoms with Crippen LogP contribution in [0.25, 0.3) is 0 Å². The number of halogens is 1. The summed E-state index contributed by atoms with van der Waals surface area (Å²) in [6.45, 7) is 4.37. The van der Waals surface area contributed by atoms with Crippen LogP contribution < -0.4 is 15.5 Å². The lowest BCUT2D eigenvalue weighted by Gasteiger charge is -2.15. The first-order valence-electron chi connectivity index (χ1n) is 9.58. The van der Waals surface area contributed by atoms with E-state index < -0.39 is 0 Å². The zero-order chi connectivity index (χ0) is 20.6. The van der Waals surface area contributed by atoms with Gasteiger partial charge in [-0.25, -0.2) is 9.37 Å². The van der Waals surface area contributed by atoms with E-state index in [0.717, 1.165) is 23.5 Å². The zero-order valence-electron chi connectivity index (χ0n) is 16.7. The van der Waals surface area contributed by atoms with E-state index >= 15 is 0 Å². The molecule has 1 heterocycles. The summed E-state index contributed by atoms with van der Waals surface area (Å²) < 4.78 is 13.0. The lowest BCUT2D eigenvalue weighted by atomic mass is 10.1. The standard InChI is InChI=1S/C23H25FN4O/c1-3-28(2)22-12-7-18(16-26-22)15-25-14-17-5-4-6-21(13-17)27-23(29)19-8-10-20(24)11-9-19/h4-13,16,25H,3,14-15H2,1-2H3,(H,27,29). The summed E-state index contributed by atoms with van der Waals surface area (Å²) in [5.41, 5.74) is 3.28. The molecule has 2 N–H and O–H groups in total. The average Bonchev–Trinajstić information content (AvgIpc) is 2.74. The minimum absolute atomic E-state index is 0.265. The lowest BCUT2D eigenvalue weighted by molar-refractivity contribution is 0.102. The topological polar surface area (TPSA) is 57.3 Å². The van der Waals surface area contributed by atoms with Gasteiger partial charge in [-0.2, -0.15) is 0 Å². The average molecular weight is 392 g/mol. The molecule has 0 fully saturated rings. The molecule has 0 bridgehead atoms. The van der Waals surface area contributed by atoms with Gasteiger partial charge in [-0.3, -0.25) is 4.79 Å². The van der Waals surface area contributed by atoms with Gasteiger partial charge in [0.25, 0.3) is 5.91 Å². The van der Waals surface area contributed by atoms with Crippen molar-refractivity contribution in [2.45, 2.75) is 20.0 Å². The molecule has 0 unspecified atom stereocenters. The Morgan fingerprint density at radius 3 is 2.48 bits per heavy atom. The number of amides is 1. The molecule has 0 saturated heterocycles. The van der Waals surface area contributed by atoms with E-state index in [0.29, 0.717) is 24.3 Å². The maximum atomic E-state index is 13.0. The minimum atomic E-state index is -0.364. The number of nitrogens with one attached hydrogen (secondary N) is 2. The summed E-state index contributed by atoms with van der Waals surface area (Å²) in [7, 11) is 2.02. The third-order valence-corrected chi connectivity index (χ3v) is 4.62. The Hall–Kier alpha value is -3.25. The molecule has 0 spiro atoms. The van der Waals surface area contributed by atoms with Crippen molar-refractivity contribution in [1.82, 2.24) is 10.3 Å². The lowest BCUT2D eigenvalue weighted by Crippen LogP contribution is -2.17. The number of pyridine rings is 1. The van der Waals surface area contributed by atoms with Gasteiger partial charge in [0.1, 0.15) is 11.6 Å². The van der Waals surface area contributed by atoms with Crippen molar-refractivity contribution in [3.63, 3.8) is 0 Å². The predicted molar refractivity (Wildman–Crippen MR) is 115 cm³/mol. The van der Waals surface area contributed by atoms with Gasteiger partial charge in [0.2, 0.25) is 0 Å². The summed E-state index contributed by atoms with van der Waals surface area (Å²) in [5, 5.41) is 6.24. The molecule has 3 rings (SSSR count). The van der Waals surface area contributed by atoms with Crippen LogP contribution in [0.15, 0.2) is 66.9 Å². The van der Waals surface area contributed by atoms with Crippen molar-refractivity contribution >= 4 is 17.4 Å². The number of benzene rings is 2. The van der Waals surface area contributed by atoms with Gasteiger partial charge in [-0.1, -0.05) is 18.2 Å². The van der Waals surface area contributed by atoms with Crippen molar-refractivity contribution in [3.05, 3.63) is 89.4 Å². The van der Waals surface area contributed by atoms with Crippen LogP contribution in [-0.2, 0) is 13.1 Å². The van der Waals surface area contributed by atoms with Gasteiger partial charge in [0.05, 0.1) is 0 Å². The summed E-state index contributed by atoms with van der Waals surface area (Å²) in [6.07, 6.45) is 1.88. The number of anilines is 2. The van der Waals surface area contributed by atoms with E-state index in [2.05, 4.69) is 33.5 Å². The molecule has 6 heteroatoms. The molecule has 150 valence electrons. The first-order chi connectivity index (χ1) is 14.0. The normalized spacial score (nSPS) is 10.6. The molecule has 0 radical (unpaired) electrons. The molecule has 0 aliphatic rings. The number of hydrogen-bond donors (Lipinski definition) is 2. The molecule has 0 atom stereocenters. The van der Waals surface area contributed by atoms with Gasteiger partial charge in [0.15, 0.2) is 0 Å². The third-order valence-electron chi connectivity index (χ3n) is 4.62. The van der Waals surface area contributed by atoms with Crippen LogP contribution in [0.3, 0.4) is 0 Å². The number of carbonyl (C=O) groups is 1. The van der Waals surface area contributed by atoms with Gasteiger partial charge in [-0.15, -0.1) is 0 Å². The van der Waals surface area contributed by atoms with Crippen molar-refractivity contribution in [1.29, 1.82) is 0 Å².